The van der Waals surface area contributed by atoms with E-state index in [1.54, 1.807) is 6.26 Å². The zero-order chi connectivity index (χ0) is 14.7. The lowest BCUT2D eigenvalue weighted by Gasteiger charge is -2.33. The molecule has 2 aromatic rings. The molecule has 6 nitrogen and oxygen atoms in total. The third-order valence-corrected chi connectivity index (χ3v) is 4.38. The van der Waals surface area contributed by atoms with Gasteiger partial charge in [0.15, 0.2) is 0 Å². The first-order valence-corrected chi connectivity index (χ1v) is 8.17. The predicted molar refractivity (Wildman–Crippen MR) is 82.4 cm³/mol. The maximum atomic E-state index is 4.88. The highest BCUT2D eigenvalue weighted by atomic mass is 32.1. The average Bonchev–Trinajstić information content (AvgIpc) is 3.11. The second kappa shape index (κ2) is 6.53. The Hall–Kier alpha value is -1.47. The summed E-state index contributed by atoms with van der Waals surface area (Å²) in [4.78, 5) is 9.39. The van der Waals surface area contributed by atoms with E-state index in [1.165, 1.54) is 11.5 Å². The van der Waals surface area contributed by atoms with Gasteiger partial charge in [-0.05, 0) is 5.92 Å². The minimum Gasteiger partial charge on any atom is -0.364 e. The number of aromatic nitrogens is 3. The number of nitrogens with zero attached hydrogens (tertiary/aromatic N) is 5. The van der Waals surface area contributed by atoms with E-state index in [0.29, 0.717) is 5.92 Å². The molecular formula is C14H21N5OS. The van der Waals surface area contributed by atoms with E-state index in [1.807, 2.05) is 6.07 Å². The number of anilines is 1. The third-order valence-electron chi connectivity index (χ3n) is 3.57. The molecule has 1 aliphatic heterocycles. The quantitative estimate of drug-likeness (QED) is 0.842. The minimum atomic E-state index is 0.603. The molecular weight excluding hydrogens is 286 g/mol. The van der Waals surface area contributed by atoms with Crippen molar-refractivity contribution in [3.63, 3.8) is 0 Å². The van der Waals surface area contributed by atoms with Gasteiger partial charge in [-0.3, -0.25) is 4.90 Å². The monoisotopic (exact) mass is 307 g/mol. The van der Waals surface area contributed by atoms with Gasteiger partial charge in [0.1, 0.15) is 12.1 Å². The molecule has 3 heterocycles. The molecule has 114 valence electrons. The summed E-state index contributed by atoms with van der Waals surface area (Å²) in [6.45, 7) is 9.28. The maximum absolute atomic E-state index is 4.88. The van der Waals surface area contributed by atoms with E-state index in [2.05, 4.69) is 38.2 Å². The molecule has 0 N–H and O–H groups in total. The first-order chi connectivity index (χ1) is 10.2. The summed E-state index contributed by atoms with van der Waals surface area (Å²) >= 11 is 1.52. The lowest BCUT2D eigenvalue weighted by molar-refractivity contribution is 0.242. The summed E-state index contributed by atoms with van der Waals surface area (Å²) in [7, 11) is 0. The van der Waals surface area contributed by atoms with Crippen molar-refractivity contribution in [2.24, 2.45) is 5.92 Å². The van der Waals surface area contributed by atoms with Crippen molar-refractivity contribution in [3.8, 4) is 0 Å². The second-order valence-electron chi connectivity index (χ2n) is 5.85. The van der Waals surface area contributed by atoms with Gasteiger partial charge in [0.05, 0.1) is 5.69 Å². The normalized spacial score (nSPS) is 16.8. The van der Waals surface area contributed by atoms with Crippen LogP contribution >= 0.6 is 11.5 Å². The standard InChI is InChI=1S/C14H21N5OS/c1-11(2)9-13-15-14(21-17-13)19-6-4-18(5-7-19)10-12-3-8-20-16-12/h3,8,11H,4-7,9-10H2,1-2H3. The summed E-state index contributed by atoms with van der Waals surface area (Å²) in [6.07, 6.45) is 2.59. The van der Waals surface area contributed by atoms with E-state index >= 15 is 0 Å². The predicted octanol–water partition coefficient (Wildman–Crippen LogP) is 2.05. The first-order valence-electron chi connectivity index (χ1n) is 7.40. The van der Waals surface area contributed by atoms with E-state index in [-0.39, 0.29) is 0 Å². The van der Waals surface area contributed by atoms with Crippen LogP contribution in [0.1, 0.15) is 25.4 Å². The molecule has 2 aromatic heterocycles. The fourth-order valence-electron chi connectivity index (χ4n) is 2.47. The lowest BCUT2D eigenvalue weighted by atomic mass is 10.1. The Bertz CT molecular complexity index is 545. The average molecular weight is 307 g/mol. The Balaban J connectivity index is 1.52. The van der Waals surface area contributed by atoms with Crippen molar-refractivity contribution in [1.82, 2.24) is 19.4 Å². The van der Waals surface area contributed by atoms with Gasteiger partial charge in [-0.25, -0.2) is 4.98 Å². The van der Waals surface area contributed by atoms with E-state index < -0.39 is 0 Å². The molecule has 0 saturated carbocycles. The lowest BCUT2D eigenvalue weighted by Crippen LogP contribution is -2.46. The van der Waals surface area contributed by atoms with Crippen LogP contribution in [-0.2, 0) is 13.0 Å². The van der Waals surface area contributed by atoms with Crippen LogP contribution < -0.4 is 4.90 Å². The van der Waals surface area contributed by atoms with Gasteiger partial charge >= 0.3 is 0 Å². The zero-order valence-electron chi connectivity index (χ0n) is 12.5. The van der Waals surface area contributed by atoms with E-state index in [4.69, 9.17) is 4.52 Å². The molecule has 0 aromatic carbocycles. The SMILES string of the molecule is CC(C)Cc1nsc(N2CCN(Cc3ccon3)CC2)n1. The highest BCUT2D eigenvalue weighted by molar-refractivity contribution is 7.09. The van der Waals surface area contributed by atoms with Crippen molar-refractivity contribution in [1.29, 1.82) is 0 Å². The van der Waals surface area contributed by atoms with Gasteiger partial charge in [-0.15, -0.1) is 0 Å². The molecule has 3 rings (SSSR count). The van der Waals surface area contributed by atoms with Crippen molar-refractivity contribution in [2.75, 3.05) is 31.1 Å². The Morgan fingerprint density at radius 3 is 2.76 bits per heavy atom. The summed E-state index contributed by atoms with van der Waals surface area (Å²) in [5, 5.41) is 5.03. The number of hydrogen-bond acceptors (Lipinski definition) is 7. The fraction of sp³-hybridized carbons (Fsp3) is 0.643. The van der Waals surface area contributed by atoms with Gasteiger partial charge in [0.2, 0.25) is 5.13 Å². The largest absolute Gasteiger partial charge is 0.364 e. The molecule has 0 atom stereocenters. The minimum absolute atomic E-state index is 0.603. The van der Waals surface area contributed by atoms with Gasteiger partial charge < -0.3 is 9.42 Å². The zero-order valence-corrected chi connectivity index (χ0v) is 13.3. The fourth-order valence-corrected chi connectivity index (χ4v) is 3.21. The Kier molecular flexibility index (Phi) is 4.50. The maximum Gasteiger partial charge on any atom is 0.205 e. The Labute approximate surface area is 128 Å². The van der Waals surface area contributed by atoms with Crippen molar-refractivity contribution >= 4 is 16.7 Å². The van der Waals surface area contributed by atoms with Crippen LogP contribution in [-0.4, -0.2) is 45.6 Å². The van der Waals surface area contributed by atoms with E-state index in [0.717, 1.165) is 55.8 Å². The van der Waals surface area contributed by atoms with Crippen LogP contribution in [0.25, 0.3) is 0 Å². The molecule has 0 bridgehead atoms. The number of piperazine rings is 1. The van der Waals surface area contributed by atoms with Crippen LogP contribution in [0.5, 0.6) is 0 Å². The van der Waals surface area contributed by atoms with E-state index in [9.17, 15) is 0 Å². The van der Waals surface area contributed by atoms with Crippen LogP contribution in [0.15, 0.2) is 16.9 Å². The second-order valence-corrected chi connectivity index (χ2v) is 6.58. The summed E-state index contributed by atoms with van der Waals surface area (Å²) < 4.78 is 9.34. The highest BCUT2D eigenvalue weighted by Gasteiger charge is 2.20. The van der Waals surface area contributed by atoms with Crippen LogP contribution in [0.2, 0.25) is 0 Å². The van der Waals surface area contributed by atoms with Crippen molar-refractivity contribution in [3.05, 3.63) is 23.8 Å². The first kappa shape index (κ1) is 14.5. The third kappa shape index (κ3) is 3.79. The van der Waals surface area contributed by atoms with Crippen LogP contribution in [0.3, 0.4) is 0 Å². The number of rotatable bonds is 5. The smallest absolute Gasteiger partial charge is 0.205 e. The molecule has 0 spiro atoms. The van der Waals surface area contributed by atoms with Crippen LogP contribution in [0.4, 0.5) is 5.13 Å². The molecule has 0 amide bonds. The van der Waals surface area contributed by atoms with Crippen molar-refractivity contribution < 1.29 is 4.52 Å². The summed E-state index contributed by atoms with van der Waals surface area (Å²) in [5.74, 6) is 1.58. The topological polar surface area (TPSA) is 58.3 Å². The van der Waals surface area contributed by atoms with Gasteiger partial charge in [-0.2, -0.15) is 4.37 Å². The van der Waals surface area contributed by atoms with Gasteiger partial charge in [0, 0.05) is 56.7 Å². The molecule has 21 heavy (non-hydrogen) atoms. The molecule has 1 aliphatic rings. The molecule has 1 fully saturated rings. The van der Waals surface area contributed by atoms with Crippen molar-refractivity contribution in [2.45, 2.75) is 26.8 Å². The van der Waals surface area contributed by atoms with Gasteiger partial charge in [-0.1, -0.05) is 19.0 Å². The Morgan fingerprint density at radius 2 is 2.10 bits per heavy atom. The summed E-state index contributed by atoms with van der Waals surface area (Å²) in [6, 6.07) is 1.93. The molecule has 0 aliphatic carbocycles. The number of hydrogen-bond donors (Lipinski definition) is 0. The molecule has 0 radical (unpaired) electrons. The molecule has 0 unspecified atom stereocenters. The molecule has 7 heteroatoms. The van der Waals surface area contributed by atoms with Crippen LogP contribution in [0, 0.1) is 5.92 Å². The molecule has 1 saturated heterocycles. The summed E-state index contributed by atoms with van der Waals surface area (Å²) in [5.41, 5.74) is 0.999. The highest BCUT2D eigenvalue weighted by Crippen LogP contribution is 2.20. The Morgan fingerprint density at radius 1 is 1.29 bits per heavy atom. The van der Waals surface area contributed by atoms with Gasteiger partial charge in [0.25, 0.3) is 0 Å².